The van der Waals surface area contributed by atoms with Crippen molar-refractivity contribution in [2.24, 2.45) is 5.92 Å². The van der Waals surface area contributed by atoms with E-state index in [0.717, 1.165) is 12.3 Å². The van der Waals surface area contributed by atoms with E-state index in [-0.39, 0.29) is 5.97 Å². The quantitative estimate of drug-likeness (QED) is 0.451. The topological polar surface area (TPSA) is 26.3 Å². The second-order valence-electron chi connectivity index (χ2n) is 3.40. The van der Waals surface area contributed by atoms with Crippen LogP contribution in [0.25, 0.3) is 0 Å². The Hall–Kier alpha value is -0.530. The van der Waals surface area contributed by atoms with Crippen molar-refractivity contribution in [1.82, 2.24) is 0 Å². The summed E-state index contributed by atoms with van der Waals surface area (Å²) in [5.74, 6) is 0.727. The highest BCUT2D eigenvalue weighted by atomic mass is 16.5. The van der Waals surface area contributed by atoms with Crippen LogP contribution >= 0.6 is 0 Å². The lowest BCUT2D eigenvalue weighted by molar-refractivity contribution is -0.143. The molecule has 0 atom stereocenters. The molecule has 2 heteroatoms. The van der Waals surface area contributed by atoms with Crippen LogP contribution < -0.4 is 0 Å². The van der Waals surface area contributed by atoms with Crippen molar-refractivity contribution in [2.75, 3.05) is 6.61 Å². The Morgan fingerprint density at radius 3 is 2.31 bits per heavy atom. The van der Waals surface area contributed by atoms with Crippen molar-refractivity contribution in [3.05, 3.63) is 0 Å². The summed E-state index contributed by atoms with van der Waals surface area (Å²) in [5.41, 5.74) is 0. The summed E-state index contributed by atoms with van der Waals surface area (Å²) in [7, 11) is 0. The van der Waals surface area contributed by atoms with E-state index in [1.54, 1.807) is 0 Å². The number of carbonyl (C=O) groups is 1. The lowest BCUT2D eigenvalue weighted by atomic mass is 9.98. The first kappa shape index (κ1) is 12.5. The molecule has 0 unspecified atom stereocenters. The lowest BCUT2D eigenvalue weighted by Gasteiger charge is -2.11. The molecule has 0 aromatic heterocycles. The van der Waals surface area contributed by atoms with Crippen molar-refractivity contribution in [3.63, 3.8) is 0 Å². The summed E-state index contributed by atoms with van der Waals surface area (Å²) < 4.78 is 4.99. The lowest BCUT2D eigenvalue weighted by Crippen LogP contribution is -2.06. The third kappa shape index (κ3) is 6.62. The zero-order valence-corrected chi connectivity index (χ0v) is 9.14. The summed E-state index contributed by atoms with van der Waals surface area (Å²) in [4.78, 5) is 10.8. The Balaban J connectivity index is 3.28. The zero-order valence-electron chi connectivity index (χ0n) is 9.14. The molecule has 0 amide bonds. The number of rotatable bonds is 7. The second-order valence-corrected chi connectivity index (χ2v) is 3.40. The van der Waals surface area contributed by atoms with Crippen molar-refractivity contribution in [3.8, 4) is 0 Å². The molecule has 0 aromatic carbocycles. The first-order valence-corrected chi connectivity index (χ1v) is 5.40. The molecular formula is C11H22O2. The smallest absolute Gasteiger partial charge is 0.305 e. The van der Waals surface area contributed by atoms with Gasteiger partial charge in [0.2, 0.25) is 0 Å². The molecule has 0 radical (unpaired) electrons. The highest BCUT2D eigenvalue weighted by molar-refractivity contribution is 5.68. The minimum absolute atomic E-state index is 0.0791. The van der Waals surface area contributed by atoms with Crippen LogP contribution in [0.4, 0.5) is 0 Å². The highest BCUT2D eigenvalue weighted by Crippen LogP contribution is 2.14. The van der Waals surface area contributed by atoms with Gasteiger partial charge in [-0.3, -0.25) is 4.79 Å². The Morgan fingerprint density at radius 1 is 1.23 bits per heavy atom. The fourth-order valence-electron chi connectivity index (χ4n) is 1.36. The average molecular weight is 186 g/mol. The van der Waals surface area contributed by atoms with Gasteiger partial charge in [0.15, 0.2) is 0 Å². The number of ether oxygens (including phenoxy) is 1. The maximum absolute atomic E-state index is 10.8. The van der Waals surface area contributed by atoms with Crippen molar-refractivity contribution in [1.29, 1.82) is 0 Å². The van der Waals surface area contributed by atoms with Crippen molar-refractivity contribution >= 4 is 5.97 Å². The molecule has 0 aliphatic rings. The van der Waals surface area contributed by atoms with E-state index in [0.29, 0.717) is 13.0 Å². The van der Waals surface area contributed by atoms with E-state index < -0.39 is 0 Å². The molecule has 0 saturated carbocycles. The third-order valence-electron chi connectivity index (χ3n) is 2.46. The third-order valence-corrected chi connectivity index (χ3v) is 2.46. The second kappa shape index (κ2) is 8.09. The molecule has 13 heavy (non-hydrogen) atoms. The Bertz CT molecular complexity index is 128. The highest BCUT2D eigenvalue weighted by Gasteiger charge is 2.03. The SMILES string of the molecule is CCC(=O)OCCCC(CC)CC. The predicted octanol–water partition coefficient (Wildman–Crippen LogP) is 3.16. The van der Waals surface area contributed by atoms with E-state index in [2.05, 4.69) is 13.8 Å². The maximum atomic E-state index is 10.8. The van der Waals surface area contributed by atoms with Crippen molar-refractivity contribution < 1.29 is 9.53 Å². The standard InChI is InChI=1S/C11H22O2/c1-4-10(5-2)8-7-9-13-11(12)6-3/h10H,4-9H2,1-3H3. The zero-order chi connectivity index (χ0) is 10.1. The molecule has 0 fully saturated rings. The van der Waals surface area contributed by atoms with Crippen LogP contribution in [0.3, 0.4) is 0 Å². The molecule has 0 saturated heterocycles. The van der Waals surface area contributed by atoms with E-state index in [9.17, 15) is 4.79 Å². The predicted molar refractivity (Wildman–Crippen MR) is 54.6 cm³/mol. The summed E-state index contributed by atoms with van der Waals surface area (Å²) in [5, 5.41) is 0. The van der Waals surface area contributed by atoms with Crippen LogP contribution in [0.1, 0.15) is 52.9 Å². The van der Waals surface area contributed by atoms with Gasteiger partial charge in [0, 0.05) is 6.42 Å². The average Bonchev–Trinajstić information content (AvgIpc) is 2.18. The minimum atomic E-state index is -0.0791. The van der Waals surface area contributed by atoms with Crippen LogP contribution in [0.5, 0.6) is 0 Å². The molecule has 0 N–H and O–H groups in total. The van der Waals surface area contributed by atoms with Gasteiger partial charge in [-0.25, -0.2) is 0 Å². The van der Waals surface area contributed by atoms with Crippen LogP contribution in [-0.2, 0) is 9.53 Å². The molecule has 0 aliphatic heterocycles. The van der Waals surface area contributed by atoms with Gasteiger partial charge in [-0.05, 0) is 18.8 Å². The monoisotopic (exact) mass is 186 g/mol. The summed E-state index contributed by atoms with van der Waals surface area (Å²) in [6.07, 6.45) is 5.16. The molecule has 0 aliphatic carbocycles. The fourth-order valence-corrected chi connectivity index (χ4v) is 1.36. The molecule has 0 aromatic rings. The van der Waals surface area contributed by atoms with Gasteiger partial charge in [-0.1, -0.05) is 33.6 Å². The van der Waals surface area contributed by atoms with Crippen molar-refractivity contribution in [2.45, 2.75) is 52.9 Å². The van der Waals surface area contributed by atoms with Crippen LogP contribution in [-0.4, -0.2) is 12.6 Å². The molecular weight excluding hydrogens is 164 g/mol. The Kier molecular flexibility index (Phi) is 7.76. The van der Waals surface area contributed by atoms with Crippen LogP contribution in [0.2, 0.25) is 0 Å². The summed E-state index contributed by atoms with van der Waals surface area (Å²) in [6, 6.07) is 0. The maximum Gasteiger partial charge on any atom is 0.305 e. The van der Waals surface area contributed by atoms with Crippen LogP contribution in [0, 0.1) is 5.92 Å². The number of carbonyl (C=O) groups excluding carboxylic acids is 1. The largest absolute Gasteiger partial charge is 0.466 e. The minimum Gasteiger partial charge on any atom is -0.466 e. The first-order valence-electron chi connectivity index (χ1n) is 5.40. The van der Waals surface area contributed by atoms with Gasteiger partial charge in [0.05, 0.1) is 6.61 Å². The Morgan fingerprint density at radius 2 is 1.85 bits per heavy atom. The van der Waals surface area contributed by atoms with E-state index in [4.69, 9.17) is 4.74 Å². The number of hydrogen-bond acceptors (Lipinski definition) is 2. The van der Waals surface area contributed by atoms with E-state index in [1.165, 1.54) is 19.3 Å². The molecule has 0 bridgehead atoms. The van der Waals surface area contributed by atoms with E-state index >= 15 is 0 Å². The fraction of sp³-hybridized carbons (Fsp3) is 0.909. The van der Waals surface area contributed by atoms with E-state index in [1.807, 2.05) is 6.92 Å². The number of hydrogen-bond donors (Lipinski definition) is 0. The molecule has 0 rings (SSSR count). The molecule has 0 spiro atoms. The first-order chi connectivity index (χ1) is 6.24. The van der Waals surface area contributed by atoms with Gasteiger partial charge in [0.1, 0.15) is 0 Å². The van der Waals surface area contributed by atoms with Gasteiger partial charge < -0.3 is 4.74 Å². The Labute approximate surface area is 81.7 Å². The van der Waals surface area contributed by atoms with Gasteiger partial charge >= 0.3 is 5.97 Å². The van der Waals surface area contributed by atoms with Gasteiger partial charge in [-0.2, -0.15) is 0 Å². The normalized spacial score (nSPS) is 10.5. The summed E-state index contributed by atoms with van der Waals surface area (Å²) in [6.45, 7) is 6.85. The molecule has 78 valence electrons. The van der Waals surface area contributed by atoms with Crippen LogP contribution in [0.15, 0.2) is 0 Å². The molecule has 0 heterocycles. The van der Waals surface area contributed by atoms with Gasteiger partial charge in [0.25, 0.3) is 0 Å². The molecule has 2 nitrogen and oxygen atoms in total. The van der Waals surface area contributed by atoms with Gasteiger partial charge in [-0.15, -0.1) is 0 Å². The summed E-state index contributed by atoms with van der Waals surface area (Å²) >= 11 is 0. The number of esters is 1.